The summed E-state index contributed by atoms with van der Waals surface area (Å²) in [5.74, 6) is 0.335. The summed E-state index contributed by atoms with van der Waals surface area (Å²) in [6.45, 7) is 9.68. The van der Waals surface area contributed by atoms with E-state index in [0.717, 1.165) is 55.9 Å². The first-order valence-electron chi connectivity index (χ1n) is 10.9. The Morgan fingerprint density at radius 1 is 1.09 bits per heavy atom. The van der Waals surface area contributed by atoms with Crippen LogP contribution in [0.4, 0.5) is 4.39 Å². The van der Waals surface area contributed by atoms with Crippen LogP contribution in [0.1, 0.15) is 28.1 Å². The van der Waals surface area contributed by atoms with Gasteiger partial charge in [0.2, 0.25) is 0 Å². The Morgan fingerprint density at radius 3 is 2.71 bits per heavy atom. The number of hydrogen-bond acceptors (Lipinski definition) is 4. The third kappa shape index (κ3) is 3.81. The third-order valence-electron chi connectivity index (χ3n) is 5.77. The van der Waals surface area contributed by atoms with E-state index in [-0.39, 0.29) is 5.82 Å². The predicted octanol–water partition coefficient (Wildman–Crippen LogP) is 6.09. The number of fused-ring (bicyclic) bond motifs is 1. The van der Waals surface area contributed by atoms with Gasteiger partial charge in [-0.05, 0) is 61.7 Å². The second-order valence-electron chi connectivity index (χ2n) is 8.28. The highest BCUT2D eigenvalue weighted by molar-refractivity contribution is 5.92. The summed E-state index contributed by atoms with van der Waals surface area (Å²) in [6, 6.07) is 8.96. The van der Waals surface area contributed by atoms with Crippen molar-refractivity contribution in [2.45, 2.75) is 20.8 Å². The lowest BCUT2D eigenvalue weighted by Gasteiger charge is -2.07. The molecule has 0 spiro atoms. The average Bonchev–Trinajstić information content (AvgIpc) is 3.40. The van der Waals surface area contributed by atoms with Gasteiger partial charge < -0.3 is 4.98 Å². The summed E-state index contributed by atoms with van der Waals surface area (Å²) < 4.78 is 14.1. The molecule has 0 aliphatic carbocycles. The van der Waals surface area contributed by atoms with E-state index in [1.165, 1.54) is 12.1 Å². The molecule has 2 N–H and O–H groups in total. The van der Waals surface area contributed by atoms with E-state index in [4.69, 9.17) is 4.98 Å². The van der Waals surface area contributed by atoms with Crippen LogP contribution in [0.25, 0.3) is 39.3 Å². The zero-order valence-electron chi connectivity index (χ0n) is 19.1. The van der Waals surface area contributed by atoms with Gasteiger partial charge in [-0.25, -0.2) is 14.4 Å². The van der Waals surface area contributed by atoms with Crippen LogP contribution in [0, 0.1) is 26.6 Å². The van der Waals surface area contributed by atoms with Crippen LogP contribution in [0.3, 0.4) is 0 Å². The highest BCUT2D eigenvalue weighted by atomic mass is 19.1. The summed E-state index contributed by atoms with van der Waals surface area (Å²) in [5, 5.41) is 8.28. The van der Waals surface area contributed by atoms with Gasteiger partial charge in [0.05, 0.1) is 11.1 Å². The monoisotopic (exact) mass is 450 g/mol. The zero-order valence-corrected chi connectivity index (χ0v) is 19.1. The molecule has 0 radical (unpaired) electrons. The summed E-state index contributed by atoms with van der Waals surface area (Å²) in [4.78, 5) is 17.0. The van der Waals surface area contributed by atoms with E-state index in [1.54, 1.807) is 18.5 Å². The molecule has 0 saturated heterocycles. The topological polar surface area (TPSA) is 83.1 Å². The minimum absolute atomic E-state index is 0.290. The Kier molecular flexibility index (Phi) is 5.37. The van der Waals surface area contributed by atoms with Crippen molar-refractivity contribution in [2.75, 3.05) is 0 Å². The number of H-pyrrole nitrogens is 2. The van der Waals surface area contributed by atoms with E-state index in [9.17, 15) is 4.39 Å². The molecule has 34 heavy (non-hydrogen) atoms. The van der Waals surface area contributed by atoms with Crippen LogP contribution in [0.2, 0.25) is 0 Å². The summed E-state index contributed by atoms with van der Waals surface area (Å²) >= 11 is 0. The minimum Gasteiger partial charge on any atom is -0.340 e. The number of nitrogens with one attached hydrogen (secondary N) is 2. The van der Waals surface area contributed by atoms with E-state index in [2.05, 4.69) is 31.7 Å². The van der Waals surface area contributed by atoms with Crippen LogP contribution in [-0.2, 0) is 0 Å². The number of rotatable bonds is 5. The van der Waals surface area contributed by atoms with Gasteiger partial charge in [-0.1, -0.05) is 24.8 Å². The fourth-order valence-electron chi connectivity index (χ4n) is 4.16. The van der Waals surface area contributed by atoms with Crippen molar-refractivity contribution in [3.63, 3.8) is 0 Å². The fourth-order valence-corrected chi connectivity index (χ4v) is 4.16. The maximum Gasteiger partial charge on any atom is 0.181 e. The Hall–Kier alpha value is -4.39. The number of pyridine rings is 2. The van der Waals surface area contributed by atoms with Crippen molar-refractivity contribution in [3.05, 3.63) is 102 Å². The first-order valence-corrected chi connectivity index (χ1v) is 10.9. The number of nitrogens with zero attached hydrogens (tertiary/aromatic N) is 4. The highest BCUT2D eigenvalue weighted by Crippen LogP contribution is 2.32. The van der Waals surface area contributed by atoms with Gasteiger partial charge in [-0.2, -0.15) is 5.10 Å². The Labute approximate surface area is 196 Å². The lowest BCUT2D eigenvalue weighted by Crippen LogP contribution is -1.93. The molecule has 5 aromatic rings. The van der Waals surface area contributed by atoms with E-state index in [1.807, 2.05) is 51.2 Å². The van der Waals surface area contributed by atoms with Crippen molar-refractivity contribution in [3.8, 4) is 22.6 Å². The first-order chi connectivity index (χ1) is 16.4. The Bertz CT molecular complexity index is 1550. The van der Waals surface area contributed by atoms with Crippen molar-refractivity contribution >= 4 is 16.6 Å². The smallest absolute Gasteiger partial charge is 0.181 e. The van der Waals surface area contributed by atoms with Crippen LogP contribution in [0.15, 0.2) is 67.7 Å². The van der Waals surface area contributed by atoms with Gasteiger partial charge in [-0.15, -0.1) is 0 Å². The lowest BCUT2D eigenvalue weighted by atomic mass is 9.99. The van der Waals surface area contributed by atoms with Crippen LogP contribution in [-0.4, -0.2) is 30.1 Å². The molecule has 6 nitrogen and oxygen atoms in total. The lowest BCUT2D eigenvalue weighted by molar-refractivity contribution is 0.626. The SMILES string of the molecule is C=C/C=C(/c1cc(C)cc(F)c1)c1nc(-c2[nH]nc3ncc(-c4cnccc4C)cc23)[nH]c1C. The molecule has 0 unspecified atom stereocenters. The molecule has 0 amide bonds. The largest absolute Gasteiger partial charge is 0.340 e. The van der Waals surface area contributed by atoms with Crippen LogP contribution in [0.5, 0.6) is 0 Å². The average molecular weight is 451 g/mol. The Balaban J connectivity index is 1.63. The molecular weight excluding hydrogens is 427 g/mol. The molecule has 0 bridgehead atoms. The van der Waals surface area contributed by atoms with Crippen LogP contribution < -0.4 is 0 Å². The third-order valence-corrected chi connectivity index (χ3v) is 5.77. The van der Waals surface area contributed by atoms with E-state index < -0.39 is 0 Å². The molecule has 4 aromatic heterocycles. The highest BCUT2D eigenvalue weighted by Gasteiger charge is 2.19. The maximum atomic E-state index is 14.1. The summed E-state index contributed by atoms with van der Waals surface area (Å²) in [6.07, 6.45) is 8.93. The molecule has 0 saturated carbocycles. The van der Waals surface area contributed by atoms with Gasteiger partial charge >= 0.3 is 0 Å². The molecular formula is C27H23FN6. The van der Waals surface area contributed by atoms with Gasteiger partial charge in [0.25, 0.3) is 0 Å². The quantitative estimate of drug-likeness (QED) is 0.317. The molecule has 7 heteroatoms. The molecule has 5 rings (SSSR count). The standard InChI is InChI=1S/C27H23FN6/c1-5-6-21(18-9-15(2)10-20(28)11-18)24-17(4)31-27(32-24)25-22-12-19(13-30-26(22)34-33-25)23-14-29-8-7-16(23)3/h5-14H,1H2,2-4H3,(H,31,32)(H,30,33,34)/b21-6-. The van der Waals surface area contributed by atoms with Gasteiger partial charge in [0.15, 0.2) is 11.5 Å². The Morgan fingerprint density at radius 2 is 1.94 bits per heavy atom. The first kappa shape index (κ1) is 21.5. The molecule has 0 aliphatic rings. The normalized spacial score (nSPS) is 11.8. The molecule has 4 heterocycles. The number of benzene rings is 1. The van der Waals surface area contributed by atoms with Crippen molar-refractivity contribution in [2.24, 2.45) is 0 Å². The number of halogens is 1. The number of aromatic amines is 2. The maximum absolute atomic E-state index is 14.1. The molecule has 168 valence electrons. The van der Waals surface area contributed by atoms with E-state index in [0.29, 0.717) is 11.5 Å². The number of imidazole rings is 1. The zero-order chi connectivity index (χ0) is 23.8. The van der Waals surface area contributed by atoms with Crippen molar-refractivity contribution < 1.29 is 4.39 Å². The van der Waals surface area contributed by atoms with Crippen molar-refractivity contribution in [1.29, 1.82) is 0 Å². The molecule has 0 aliphatic heterocycles. The number of aromatic nitrogens is 6. The van der Waals surface area contributed by atoms with Gasteiger partial charge in [0, 0.05) is 41.0 Å². The number of allylic oxidation sites excluding steroid dienone is 2. The van der Waals surface area contributed by atoms with E-state index >= 15 is 0 Å². The second kappa shape index (κ2) is 8.51. The number of aryl methyl sites for hydroxylation is 3. The van der Waals surface area contributed by atoms with Crippen LogP contribution >= 0.6 is 0 Å². The summed E-state index contributed by atoms with van der Waals surface area (Å²) in [5.41, 5.74) is 8.33. The van der Waals surface area contributed by atoms with Gasteiger partial charge in [-0.3, -0.25) is 10.1 Å². The number of hydrogen-bond donors (Lipinski definition) is 2. The second-order valence-corrected chi connectivity index (χ2v) is 8.28. The van der Waals surface area contributed by atoms with Crippen molar-refractivity contribution in [1.82, 2.24) is 30.1 Å². The molecule has 0 atom stereocenters. The molecule has 1 aromatic carbocycles. The summed E-state index contributed by atoms with van der Waals surface area (Å²) in [7, 11) is 0. The fraction of sp³-hybridized carbons (Fsp3) is 0.111. The predicted molar refractivity (Wildman–Crippen MR) is 133 cm³/mol. The minimum atomic E-state index is -0.290. The van der Waals surface area contributed by atoms with Gasteiger partial charge in [0.1, 0.15) is 11.5 Å². The molecule has 0 fully saturated rings.